The molecule has 2 aromatic heterocycles. The zero-order valence-corrected chi connectivity index (χ0v) is 18.2. The lowest BCUT2D eigenvalue weighted by Crippen LogP contribution is -2.38. The third-order valence-corrected chi connectivity index (χ3v) is 4.53. The quantitative estimate of drug-likeness (QED) is 0.310. The van der Waals surface area contributed by atoms with Gasteiger partial charge in [-0.25, -0.2) is 14.2 Å². The van der Waals surface area contributed by atoms with Crippen LogP contribution in [0.25, 0.3) is 5.65 Å². The van der Waals surface area contributed by atoms with E-state index < -0.39 is 22.4 Å². The molecule has 0 saturated heterocycles. The number of non-ortho nitro benzene ring substituents is 1. The Hall–Kier alpha value is -3.27. The number of nitro benzene ring substituents is 1. The topological polar surface area (TPSA) is 103 Å². The molecule has 9 nitrogen and oxygen atoms in total. The number of carbonyl (C=O) groups excluding carboxylic acids is 1. The van der Waals surface area contributed by atoms with Gasteiger partial charge in [-0.2, -0.15) is 9.61 Å². The number of hydrogen-bond donors (Lipinski definition) is 0. The first-order valence-electron chi connectivity index (χ1n) is 9.46. The standard InChI is InChI=1S/C20H21ClFN5O4/c1-5-12-10-23-26-17(9-16(21)24-18(12)26)25(19(28)31-20(2,3)4)11-13-8-14(27(29)30)6-7-15(13)22/h6-10H,5,11H2,1-4H3. The number of rotatable bonds is 5. The van der Waals surface area contributed by atoms with Gasteiger partial charge < -0.3 is 4.74 Å². The van der Waals surface area contributed by atoms with Crippen molar-refractivity contribution >= 4 is 34.8 Å². The molecule has 0 radical (unpaired) electrons. The normalized spacial score (nSPS) is 11.5. The number of nitro groups is 1. The van der Waals surface area contributed by atoms with Crippen molar-refractivity contribution < 1.29 is 18.8 Å². The number of nitrogens with zero attached hydrogens (tertiary/aromatic N) is 5. The average Bonchev–Trinajstić information content (AvgIpc) is 3.07. The van der Waals surface area contributed by atoms with Crippen LogP contribution < -0.4 is 4.90 Å². The number of aryl methyl sites for hydroxylation is 1. The van der Waals surface area contributed by atoms with Gasteiger partial charge in [0.05, 0.1) is 17.7 Å². The van der Waals surface area contributed by atoms with Crippen molar-refractivity contribution in [2.75, 3.05) is 4.90 Å². The van der Waals surface area contributed by atoms with Crippen molar-refractivity contribution in [1.82, 2.24) is 14.6 Å². The molecule has 164 valence electrons. The molecule has 1 amide bonds. The van der Waals surface area contributed by atoms with Gasteiger partial charge in [0.15, 0.2) is 5.65 Å². The van der Waals surface area contributed by atoms with Gasteiger partial charge in [0.1, 0.15) is 22.4 Å². The molecule has 0 N–H and O–H groups in total. The van der Waals surface area contributed by atoms with Gasteiger partial charge in [-0.05, 0) is 33.3 Å². The summed E-state index contributed by atoms with van der Waals surface area (Å²) in [5.74, 6) is -0.514. The molecule has 1 aromatic carbocycles. The Morgan fingerprint density at radius 3 is 2.65 bits per heavy atom. The Labute approximate surface area is 182 Å². The van der Waals surface area contributed by atoms with Crippen LogP contribution in [-0.4, -0.2) is 31.2 Å². The second-order valence-corrected chi connectivity index (χ2v) is 8.18. The van der Waals surface area contributed by atoms with E-state index in [1.54, 1.807) is 27.0 Å². The maximum absolute atomic E-state index is 14.5. The van der Waals surface area contributed by atoms with Gasteiger partial charge in [0, 0.05) is 29.3 Å². The molecular weight excluding hydrogens is 429 g/mol. The largest absolute Gasteiger partial charge is 0.443 e. The molecule has 31 heavy (non-hydrogen) atoms. The molecule has 0 bridgehead atoms. The molecule has 0 atom stereocenters. The lowest BCUT2D eigenvalue weighted by molar-refractivity contribution is -0.385. The number of aromatic nitrogens is 3. The summed E-state index contributed by atoms with van der Waals surface area (Å²) >= 11 is 6.20. The Bertz CT molecular complexity index is 1160. The van der Waals surface area contributed by atoms with Crippen LogP contribution in [-0.2, 0) is 17.7 Å². The van der Waals surface area contributed by atoms with Crippen LogP contribution in [0.2, 0.25) is 5.15 Å². The number of ether oxygens (including phenoxy) is 1. The molecule has 3 aromatic rings. The van der Waals surface area contributed by atoms with Gasteiger partial charge in [-0.1, -0.05) is 18.5 Å². The van der Waals surface area contributed by atoms with Crippen LogP contribution in [0.4, 0.5) is 20.7 Å². The lowest BCUT2D eigenvalue weighted by atomic mass is 10.1. The maximum Gasteiger partial charge on any atom is 0.416 e. The number of halogens is 2. The second-order valence-electron chi connectivity index (χ2n) is 7.80. The summed E-state index contributed by atoms with van der Waals surface area (Å²) in [6.45, 7) is 6.64. The molecule has 0 aliphatic carbocycles. The Morgan fingerprint density at radius 2 is 2.03 bits per heavy atom. The van der Waals surface area contributed by atoms with Gasteiger partial charge in [0.2, 0.25) is 0 Å². The van der Waals surface area contributed by atoms with E-state index in [2.05, 4.69) is 10.1 Å². The van der Waals surface area contributed by atoms with E-state index in [-0.39, 0.29) is 28.8 Å². The van der Waals surface area contributed by atoms with Crippen LogP contribution in [0.5, 0.6) is 0 Å². The van der Waals surface area contributed by atoms with E-state index in [0.29, 0.717) is 12.1 Å². The number of anilines is 1. The Balaban J connectivity index is 2.16. The fourth-order valence-corrected chi connectivity index (χ4v) is 3.11. The third-order valence-electron chi connectivity index (χ3n) is 4.33. The van der Waals surface area contributed by atoms with Crippen molar-refractivity contribution in [3.05, 3.63) is 62.7 Å². The highest BCUT2D eigenvalue weighted by atomic mass is 35.5. The molecule has 0 aliphatic heterocycles. The Morgan fingerprint density at radius 1 is 1.32 bits per heavy atom. The Kier molecular flexibility index (Phi) is 6.12. The van der Waals surface area contributed by atoms with E-state index in [9.17, 15) is 19.3 Å². The van der Waals surface area contributed by atoms with Crippen LogP contribution in [0.3, 0.4) is 0 Å². The lowest BCUT2D eigenvalue weighted by Gasteiger charge is -2.27. The first-order chi connectivity index (χ1) is 14.5. The van der Waals surface area contributed by atoms with E-state index in [1.807, 2.05) is 6.92 Å². The zero-order chi connectivity index (χ0) is 22.9. The van der Waals surface area contributed by atoms with Gasteiger partial charge >= 0.3 is 6.09 Å². The zero-order valence-electron chi connectivity index (χ0n) is 17.4. The van der Waals surface area contributed by atoms with Crippen molar-refractivity contribution in [3.63, 3.8) is 0 Å². The number of amides is 1. The smallest absolute Gasteiger partial charge is 0.416 e. The minimum absolute atomic E-state index is 0.0657. The van der Waals surface area contributed by atoms with E-state index in [1.165, 1.54) is 10.6 Å². The highest BCUT2D eigenvalue weighted by Gasteiger charge is 2.28. The minimum Gasteiger partial charge on any atom is -0.443 e. The van der Waals surface area contributed by atoms with E-state index in [4.69, 9.17) is 16.3 Å². The summed E-state index contributed by atoms with van der Waals surface area (Å²) in [7, 11) is 0. The van der Waals surface area contributed by atoms with Gasteiger partial charge in [0.25, 0.3) is 5.69 Å². The second kappa shape index (κ2) is 8.46. The molecule has 3 rings (SSSR count). The molecule has 11 heteroatoms. The van der Waals surface area contributed by atoms with Gasteiger partial charge in [-0.3, -0.25) is 15.0 Å². The SMILES string of the molecule is CCc1cnn2c(N(Cc3cc([N+](=O)[O-])ccc3F)C(=O)OC(C)(C)C)cc(Cl)nc12. The number of carbonyl (C=O) groups is 1. The monoisotopic (exact) mass is 449 g/mol. The molecule has 0 saturated carbocycles. The fraction of sp³-hybridized carbons (Fsp3) is 0.350. The summed E-state index contributed by atoms with van der Waals surface area (Å²) in [5, 5.41) is 15.5. The van der Waals surface area contributed by atoms with Crippen molar-refractivity contribution in [2.24, 2.45) is 0 Å². The molecule has 0 spiro atoms. The number of benzene rings is 1. The van der Waals surface area contributed by atoms with Crippen LogP contribution in [0.15, 0.2) is 30.5 Å². The summed E-state index contributed by atoms with van der Waals surface area (Å²) < 4.78 is 21.4. The first-order valence-corrected chi connectivity index (χ1v) is 9.84. The van der Waals surface area contributed by atoms with Crippen LogP contribution in [0.1, 0.15) is 38.8 Å². The van der Waals surface area contributed by atoms with Crippen LogP contribution in [0, 0.1) is 15.9 Å². The molecular formula is C20H21ClFN5O4. The summed E-state index contributed by atoms with van der Waals surface area (Å²) in [6, 6.07) is 4.52. The predicted octanol–water partition coefficient (Wildman–Crippen LogP) is 4.93. The van der Waals surface area contributed by atoms with Crippen molar-refractivity contribution in [2.45, 2.75) is 46.3 Å². The molecule has 0 aliphatic rings. The predicted molar refractivity (Wildman–Crippen MR) is 113 cm³/mol. The third kappa shape index (κ3) is 4.91. The number of fused-ring (bicyclic) bond motifs is 1. The van der Waals surface area contributed by atoms with Crippen molar-refractivity contribution in [3.8, 4) is 0 Å². The van der Waals surface area contributed by atoms with Crippen molar-refractivity contribution in [1.29, 1.82) is 0 Å². The average molecular weight is 450 g/mol. The van der Waals surface area contributed by atoms with E-state index in [0.717, 1.165) is 28.7 Å². The maximum atomic E-state index is 14.5. The highest BCUT2D eigenvalue weighted by molar-refractivity contribution is 6.29. The highest BCUT2D eigenvalue weighted by Crippen LogP contribution is 2.27. The fourth-order valence-electron chi connectivity index (χ4n) is 2.93. The van der Waals surface area contributed by atoms with Gasteiger partial charge in [-0.15, -0.1) is 0 Å². The summed E-state index contributed by atoms with van der Waals surface area (Å²) in [5.41, 5.74) is 0.0351. The molecule has 0 fully saturated rings. The summed E-state index contributed by atoms with van der Waals surface area (Å²) in [4.78, 5) is 29.0. The van der Waals surface area contributed by atoms with Crippen LogP contribution >= 0.6 is 11.6 Å². The molecule has 2 heterocycles. The first kappa shape index (κ1) is 22.4. The van der Waals surface area contributed by atoms with E-state index >= 15 is 0 Å². The number of hydrogen-bond acceptors (Lipinski definition) is 6. The molecule has 0 unspecified atom stereocenters. The summed E-state index contributed by atoms with van der Waals surface area (Å²) in [6.07, 6.45) is 1.43. The minimum atomic E-state index is -0.842.